The van der Waals surface area contributed by atoms with Gasteiger partial charge in [-0.2, -0.15) is 0 Å². The van der Waals surface area contributed by atoms with Crippen molar-refractivity contribution in [3.8, 4) is 0 Å². The minimum absolute atomic E-state index is 0.0608. The molecule has 0 aliphatic rings. The molecule has 2 rings (SSSR count). The van der Waals surface area contributed by atoms with Crippen LogP contribution in [0.4, 0.5) is 0 Å². The molecular formula is C16H16ClNO2S. The summed E-state index contributed by atoms with van der Waals surface area (Å²) in [4.78, 5) is 12.5. The third kappa shape index (κ3) is 5.33. The van der Waals surface area contributed by atoms with Crippen LogP contribution in [0.5, 0.6) is 0 Å². The molecule has 5 heteroatoms. The van der Waals surface area contributed by atoms with Crippen LogP contribution in [0.1, 0.15) is 5.56 Å². The average Bonchev–Trinajstić information content (AvgIpc) is 2.49. The van der Waals surface area contributed by atoms with Gasteiger partial charge in [-0.3, -0.25) is 9.00 Å². The number of rotatable bonds is 6. The van der Waals surface area contributed by atoms with Gasteiger partial charge >= 0.3 is 0 Å². The Bertz CT molecular complexity index is 614. The second-order valence-corrected chi connectivity index (χ2v) is 6.52. The van der Waals surface area contributed by atoms with Crippen molar-refractivity contribution in [3.05, 3.63) is 65.2 Å². The van der Waals surface area contributed by atoms with E-state index in [1.54, 1.807) is 24.3 Å². The summed E-state index contributed by atoms with van der Waals surface area (Å²) >= 11 is 5.78. The normalized spacial score (nSPS) is 11.9. The summed E-state index contributed by atoms with van der Waals surface area (Å²) < 4.78 is 12.0. The van der Waals surface area contributed by atoms with Crippen molar-refractivity contribution in [2.75, 3.05) is 12.3 Å². The second kappa shape index (κ2) is 7.96. The number of amides is 1. The van der Waals surface area contributed by atoms with E-state index < -0.39 is 10.8 Å². The number of hydrogen-bond donors (Lipinski definition) is 1. The van der Waals surface area contributed by atoms with Gasteiger partial charge in [0.1, 0.15) is 0 Å². The van der Waals surface area contributed by atoms with Crippen LogP contribution < -0.4 is 5.32 Å². The third-order valence-corrected chi connectivity index (χ3v) is 4.52. The molecule has 0 unspecified atom stereocenters. The van der Waals surface area contributed by atoms with Gasteiger partial charge in [0, 0.05) is 22.2 Å². The zero-order valence-corrected chi connectivity index (χ0v) is 13.0. The van der Waals surface area contributed by atoms with Crippen molar-refractivity contribution in [2.45, 2.75) is 11.3 Å². The fourth-order valence-corrected chi connectivity index (χ4v) is 2.92. The molecule has 2 aromatic carbocycles. The molecule has 0 bridgehead atoms. The maximum Gasteiger partial charge on any atom is 0.224 e. The molecule has 0 aliphatic heterocycles. The molecule has 0 saturated heterocycles. The maximum atomic E-state index is 12.0. The van der Waals surface area contributed by atoms with Crippen LogP contribution in [-0.2, 0) is 22.0 Å². The van der Waals surface area contributed by atoms with Crippen molar-refractivity contribution in [1.29, 1.82) is 0 Å². The monoisotopic (exact) mass is 321 g/mol. The van der Waals surface area contributed by atoms with E-state index in [1.165, 1.54) is 0 Å². The first-order valence-electron chi connectivity index (χ1n) is 6.60. The van der Waals surface area contributed by atoms with Crippen molar-refractivity contribution < 1.29 is 9.00 Å². The summed E-state index contributed by atoms with van der Waals surface area (Å²) in [7, 11) is -1.13. The molecular weight excluding hydrogens is 306 g/mol. The van der Waals surface area contributed by atoms with Gasteiger partial charge in [-0.25, -0.2) is 0 Å². The maximum absolute atomic E-state index is 12.0. The molecule has 0 aromatic heterocycles. The Morgan fingerprint density at radius 2 is 1.71 bits per heavy atom. The fourth-order valence-electron chi connectivity index (χ4n) is 1.83. The van der Waals surface area contributed by atoms with E-state index in [-0.39, 0.29) is 5.91 Å². The van der Waals surface area contributed by atoms with Crippen LogP contribution in [0.15, 0.2) is 59.5 Å². The van der Waals surface area contributed by atoms with Crippen LogP contribution in [0.3, 0.4) is 0 Å². The minimum Gasteiger partial charge on any atom is -0.355 e. The molecule has 0 radical (unpaired) electrons. The molecule has 0 heterocycles. The van der Waals surface area contributed by atoms with Gasteiger partial charge < -0.3 is 5.32 Å². The molecule has 1 amide bonds. The molecule has 3 nitrogen and oxygen atoms in total. The van der Waals surface area contributed by atoms with E-state index in [2.05, 4.69) is 5.32 Å². The number of benzene rings is 2. The van der Waals surface area contributed by atoms with Gasteiger partial charge in [0.2, 0.25) is 5.91 Å². The second-order valence-electron chi connectivity index (χ2n) is 4.52. The highest BCUT2D eigenvalue weighted by Crippen LogP contribution is 2.12. The van der Waals surface area contributed by atoms with Crippen molar-refractivity contribution in [3.63, 3.8) is 0 Å². The third-order valence-electron chi connectivity index (χ3n) is 2.89. The number of halogens is 1. The Morgan fingerprint density at radius 3 is 2.38 bits per heavy atom. The minimum atomic E-state index is -1.13. The average molecular weight is 322 g/mol. The Kier molecular flexibility index (Phi) is 5.96. The Hall–Kier alpha value is -1.65. The van der Waals surface area contributed by atoms with Crippen LogP contribution in [0, 0.1) is 0 Å². The Morgan fingerprint density at radius 1 is 1.05 bits per heavy atom. The summed E-state index contributed by atoms with van der Waals surface area (Å²) in [6.45, 7) is 0.390. The summed E-state index contributed by atoms with van der Waals surface area (Å²) in [5.41, 5.74) is 0.967. The molecule has 2 aromatic rings. The lowest BCUT2D eigenvalue weighted by Crippen LogP contribution is -2.29. The zero-order chi connectivity index (χ0) is 15.1. The number of nitrogens with one attached hydrogen (secondary N) is 1. The smallest absolute Gasteiger partial charge is 0.224 e. The van der Waals surface area contributed by atoms with Crippen molar-refractivity contribution in [2.24, 2.45) is 0 Å². The lowest BCUT2D eigenvalue weighted by Gasteiger charge is -2.06. The Balaban J connectivity index is 1.75. The Labute approximate surface area is 131 Å². The summed E-state index contributed by atoms with van der Waals surface area (Å²) in [5.74, 6) is 0.330. The van der Waals surface area contributed by atoms with E-state index in [0.29, 0.717) is 23.7 Å². The summed E-state index contributed by atoms with van der Waals surface area (Å²) in [6.07, 6.45) is 0.342. The van der Waals surface area contributed by atoms with Crippen LogP contribution >= 0.6 is 11.6 Å². The highest BCUT2D eigenvalue weighted by molar-refractivity contribution is 7.85. The van der Waals surface area contributed by atoms with Gasteiger partial charge in [-0.1, -0.05) is 41.9 Å². The van der Waals surface area contributed by atoms with Crippen molar-refractivity contribution in [1.82, 2.24) is 5.32 Å². The van der Waals surface area contributed by atoms with Gasteiger partial charge in [0.05, 0.1) is 17.2 Å². The first kappa shape index (κ1) is 15.7. The van der Waals surface area contributed by atoms with E-state index >= 15 is 0 Å². The predicted octanol–water partition coefficient (Wildman–Crippen LogP) is 2.81. The first-order valence-corrected chi connectivity index (χ1v) is 8.29. The zero-order valence-electron chi connectivity index (χ0n) is 11.4. The van der Waals surface area contributed by atoms with Gasteiger partial charge in [0.25, 0.3) is 0 Å². The highest BCUT2D eigenvalue weighted by Gasteiger charge is 2.06. The lowest BCUT2D eigenvalue weighted by atomic mass is 10.1. The fraction of sp³-hybridized carbons (Fsp3) is 0.188. The van der Waals surface area contributed by atoms with Crippen LogP contribution in [0.2, 0.25) is 5.02 Å². The van der Waals surface area contributed by atoms with E-state index in [4.69, 9.17) is 11.6 Å². The molecule has 0 aliphatic carbocycles. The summed E-state index contributed by atoms with van der Waals surface area (Å²) in [6, 6.07) is 16.4. The first-order chi connectivity index (χ1) is 10.1. The lowest BCUT2D eigenvalue weighted by molar-refractivity contribution is -0.120. The SMILES string of the molecule is O=C(Cc1ccccc1)NCC[S@](=O)c1ccc(Cl)cc1. The van der Waals surface area contributed by atoms with Gasteiger partial charge in [0.15, 0.2) is 0 Å². The molecule has 110 valence electrons. The molecule has 0 saturated carbocycles. The topological polar surface area (TPSA) is 46.2 Å². The van der Waals surface area contributed by atoms with Gasteiger partial charge in [-0.05, 0) is 29.8 Å². The summed E-state index contributed by atoms with van der Waals surface area (Å²) in [5, 5.41) is 3.40. The number of carbonyl (C=O) groups excluding carboxylic acids is 1. The van der Waals surface area contributed by atoms with E-state index in [0.717, 1.165) is 10.5 Å². The van der Waals surface area contributed by atoms with Crippen LogP contribution in [0.25, 0.3) is 0 Å². The molecule has 1 atom stereocenters. The van der Waals surface area contributed by atoms with E-state index in [9.17, 15) is 9.00 Å². The largest absolute Gasteiger partial charge is 0.355 e. The molecule has 0 fully saturated rings. The standard InChI is InChI=1S/C16H16ClNO2S/c17-14-6-8-15(9-7-14)21(20)11-10-18-16(19)12-13-4-2-1-3-5-13/h1-9H,10-12H2,(H,18,19)/t21-/m0/s1. The van der Waals surface area contributed by atoms with Crippen molar-refractivity contribution >= 4 is 28.3 Å². The predicted molar refractivity (Wildman–Crippen MR) is 85.9 cm³/mol. The van der Waals surface area contributed by atoms with Gasteiger partial charge in [-0.15, -0.1) is 0 Å². The number of hydrogen-bond acceptors (Lipinski definition) is 2. The number of carbonyl (C=O) groups is 1. The van der Waals surface area contributed by atoms with Crippen LogP contribution in [-0.4, -0.2) is 22.4 Å². The van der Waals surface area contributed by atoms with E-state index in [1.807, 2.05) is 30.3 Å². The quantitative estimate of drug-likeness (QED) is 0.889. The highest BCUT2D eigenvalue weighted by atomic mass is 35.5. The molecule has 0 spiro atoms. The molecule has 1 N–H and O–H groups in total. The molecule has 21 heavy (non-hydrogen) atoms.